The van der Waals surface area contributed by atoms with E-state index in [1.807, 2.05) is 6.08 Å². The van der Waals surface area contributed by atoms with Gasteiger partial charge in [0.2, 0.25) is 5.91 Å². The van der Waals surface area contributed by atoms with Gasteiger partial charge in [-0.25, -0.2) is 0 Å². The Morgan fingerprint density at radius 3 is 1.61 bits per heavy atom. The predicted molar refractivity (Wildman–Crippen MR) is 218 cm³/mol. The number of allylic oxidation sites excluding steroid dienone is 3. The topological polar surface area (TPSA) is 169 Å². The van der Waals surface area contributed by atoms with E-state index in [1.165, 1.54) is 122 Å². The molecule has 0 bridgehead atoms. The highest BCUT2D eigenvalue weighted by Gasteiger charge is 2.44. The maximum absolute atomic E-state index is 13.0. The molecule has 0 aromatic heterocycles. The number of amides is 1. The first-order valence-electron chi connectivity index (χ1n) is 22.2. The molecular formula is C44H83NO9. The molecule has 1 fully saturated rings. The second kappa shape index (κ2) is 34.8. The standard InChI is InChI=1S/C44H83NO9/c1-3-5-7-9-11-13-15-17-18-19-21-23-25-27-29-31-33-38(48)43(52)45-36(35-53-44-42(51)41(50)40(49)39(34-46)54-44)37(47)32-30-28-26-24-22-20-16-14-12-10-8-6-4-2/h22,24,30,32,36-42,44,46-51H,3-21,23,25-29,31,33-35H2,1-2H3,(H,45,52)/b24-22-,32-30+/t36-,37+,38?,39-,40-,41+,42-,44-/m1/s1. The van der Waals surface area contributed by atoms with Crippen molar-refractivity contribution in [3.63, 3.8) is 0 Å². The Bertz CT molecular complexity index is 916. The number of hydrogen-bond acceptors (Lipinski definition) is 9. The monoisotopic (exact) mass is 770 g/mol. The Morgan fingerprint density at radius 2 is 1.09 bits per heavy atom. The predicted octanol–water partition coefficient (Wildman–Crippen LogP) is 7.69. The first-order valence-corrected chi connectivity index (χ1v) is 22.2. The summed E-state index contributed by atoms with van der Waals surface area (Å²) in [5.74, 6) is -0.626. The molecule has 10 nitrogen and oxygen atoms in total. The van der Waals surface area contributed by atoms with E-state index in [2.05, 4.69) is 31.3 Å². The van der Waals surface area contributed by atoms with Crippen molar-refractivity contribution >= 4 is 5.91 Å². The zero-order valence-electron chi connectivity index (χ0n) is 34.3. The zero-order chi connectivity index (χ0) is 39.7. The van der Waals surface area contributed by atoms with Gasteiger partial charge in [0.05, 0.1) is 25.4 Å². The highest BCUT2D eigenvalue weighted by Crippen LogP contribution is 2.22. The second-order valence-corrected chi connectivity index (χ2v) is 15.6. The fraction of sp³-hybridized carbons (Fsp3) is 0.886. The Labute approximate surface area is 329 Å². The SMILES string of the molecule is CCCCCCCCC/C=C\CC/C=C/[C@H](O)[C@@H](CO[C@@H]1O[C@H](CO)[C@@H](O)[C@H](O)[C@H]1O)NC(=O)C(O)CCCCCCCCCCCCCCCCCC. The quantitative estimate of drug-likeness (QED) is 0.0250. The lowest BCUT2D eigenvalue weighted by molar-refractivity contribution is -0.302. The van der Waals surface area contributed by atoms with E-state index >= 15 is 0 Å². The van der Waals surface area contributed by atoms with Gasteiger partial charge in [-0.1, -0.05) is 179 Å². The molecule has 0 aromatic rings. The van der Waals surface area contributed by atoms with Gasteiger partial charge in [0.25, 0.3) is 0 Å². The lowest BCUT2D eigenvalue weighted by atomic mass is 9.99. The average molecular weight is 770 g/mol. The van der Waals surface area contributed by atoms with Crippen LogP contribution < -0.4 is 5.32 Å². The van der Waals surface area contributed by atoms with Gasteiger partial charge in [0, 0.05) is 0 Å². The minimum atomic E-state index is -1.61. The van der Waals surface area contributed by atoms with Crippen molar-refractivity contribution in [2.45, 2.75) is 236 Å². The van der Waals surface area contributed by atoms with E-state index in [0.717, 1.165) is 32.1 Å². The van der Waals surface area contributed by atoms with Crippen molar-refractivity contribution in [1.82, 2.24) is 5.32 Å². The molecule has 0 aliphatic carbocycles. The van der Waals surface area contributed by atoms with Gasteiger partial charge in [0.15, 0.2) is 6.29 Å². The Hall–Kier alpha value is -1.37. The van der Waals surface area contributed by atoms with E-state index in [-0.39, 0.29) is 6.61 Å². The molecule has 1 heterocycles. The van der Waals surface area contributed by atoms with Crippen LogP contribution in [0.3, 0.4) is 0 Å². The highest BCUT2D eigenvalue weighted by atomic mass is 16.7. The molecule has 54 heavy (non-hydrogen) atoms. The number of rotatable bonds is 36. The van der Waals surface area contributed by atoms with Crippen molar-refractivity contribution in [3.05, 3.63) is 24.3 Å². The molecule has 0 radical (unpaired) electrons. The van der Waals surface area contributed by atoms with E-state index in [1.54, 1.807) is 6.08 Å². The van der Waals surface area contributed by atoms with E-state index in [0.29, 0.717) is 19.3 Å². The maximum Gasteiger partial charge on any atom is 0.249 e. The van der Waals surface area contributed by atoms with Crippen LogP contribution in [0.4, 0.5) is 0 Å². The number of ether oxygens (including phenoxy) is 2. The summed E-state index contributed by atoms with van der Waals surface area (Å²) in [6.45, 7) is 3.57. The largest absolute Gasteiger partial charge is 0.394 e. The first-order chi connectivity index (χ1) is 26.3. The van der Waals surface area contributed by atoms with Crippen LogP contribution in [0.1, 0.15) is 187 Å². The number of carbonyl (C=O) groups excluding carboxylic acids is 1. The zero-order valence-corrected chi connectivity index (χ0v) is 34.3. The Morgan fingerprint density at radius 1 is 0.630 bits per heavy atom. The maximum atomic E-state index is 13.0. The molecule has 0 saturated carbocycles. The van der Waals surface area contributed by atoms with Crippen LogP contribution in [-0.4, -0.2) is 98.7 Å². The molecule has 0 spiro atoms. The minimum Gasteiger partial charge on any atom is -0.394 e. The van der Waals surface area contributed by atoms with Crippen molar-refractivity contribution in [2.24, 2.45) is 0 Å². The van der Waals surface area contributed by atoms with Gasteiger partial charge >= 0.3 is 0 Å². The molecule has 0 aromatic carbocycles. The number of aliphatic hydroxyl groups is 6. The summed E-state index contributed by atoms with van der Waals surface area (Å²) in [5.41, 5.74) is 0. The van der Waals surface area contributed by atoms with E-state index < -0.39 is 61.5 Å². The number of nitrogens with one attached hydrogen (secondary N) is 1. The summed E-state index contributed by atoms with van der Waals surface area (Å²) in [4.78, 5) is 13.0. The van der Waals surface area contributed by atoms with Gasteiger partial charge in [-0.3, -0.25) is 4.79 Å². The lowest BCUT2D eigenvalue weighted by Crippen LogP contribution is -2.60. The third-order valence-electron chi connectivity index (χ3n) is 10.6. The van der Waals surface area contributed by atoms with Gasteiger partial charge in [-0.2, -0.15) is 0 Å². The molecule has 1 aliphatic heterocycles. The number of unbranched alkanes of at least 4 members (excludes halogenated alkanes) is 23. The third kappa shape index (κ3) is 25.0. The fourth-order valence-corrected chi connectivity index (χ4v) is 6.94. The van der Waals surface area contributed by atoms with Crippen LogP contribution >= 0.6 is 0 Å². The van der Waals surface area contributed by atoms with Crippen LogP contribution in [-0.2, 0) is 14.3 Å². The Balaban J connectivity index is 2.45. The van der Waals surface area contributed by atoms with Gasteiger partial charge in [-0.05, 0) is 32.1 Å². The highest BCUT2D eigenvalue weighted by molar-refractivity contribution is 5.80. The lowest BCUT2D eigenvalue weighted by Gasteiger charge is -2.40. The summed E-state index contributed by atoms with van der Waals surface area (Å²) in [7, 11) is 0. The minimum absolute atomic E-state index is 0.307. The molecule has 8 atom stereocenters. The average Bonchev–Trinajstić information content (AvgIpc) is 3.17. The summed E-state index contributed by atoms with van der Waals surface area (Å²) in [6.07, 6.45) is 29.8. The fourth-order valence-electron chi connectivity index (χ4n) is 6.94. The molecule has 318 valence electrons. The summed E-state index contributed by atoms with van der Waals surface area (Å²) in [6, 6.07) is -0.991. The molecule has 1 unspecified atom stereocenters. The molecule has 1 amide bonds. The summed E-state index contributed by atoms with van der Waals surface area (Å²) in [5, 5.41) is 64.5. The first kappa shape index (κ1) is 50.6. The van der Waals surface area contributed by atoms with E-state index in [4.69, 9.17) is 9.47 Å². The van der Waals surface area contributed by atoms with Crippen LogP contribution in [0.25, 0.3) is 0 Å². The van der Waals surface area contributed by atoms with Crippen LogP contribution in [0, 0.1) is 0 Å². The molecule has 1 aliphatic rings. The van der Waals surface area contributed by atoms with Gasteiger partial charge in [0.1, 0.15) is 30.5 Å². The smallest absolute Gasteiger partial charge is 0.249 e. The Kier molecular flexibility index (Phi) is 32.7. The molecular weight excluding hydrogens is 686 g/mol. The number of aliphatic hydroxyl groups excluding tert-OH is 6. The van der Waals surface area contributed by atoms with E-state index in [9.17, 15) is 35.4 Å². The summed E-state index contributed by atoms with van der Waals surface area (Å²) >= 11 is 0. The van der Waals surface area contributed by atoms with Crippen LogP contribution in [0.15, 0.2) is 24.3 Å². The third-order valence-corrected chi connectivity index (χ3v) is 10.6. The molecule has 1 rings (SSSR count). The van der Waals surface area contributed by atoms with Gasteiger partial charge in [-0.15, -0.1) is 0 Å². The second-order valence-electron chi connectivity index (χ2n) is 15.6. The molecule has 7 N–H and O–H groups in total. The summed E-state index contributed by atoms with van der Waals surface area (Å²) < 4.78 is 11.1. The molecule has 1 saturated heterocycles. The van der Waals surface area contributed by atoms with Crippen molar-refractivity contribution in [3.8, 4) is 0 Å². The van der Waals surface area contributed by atoms with Crippen molar-refractivity contribution in [1.29, 1.82) is 0 Å². The van der Waals surface area contributed by atoms with Crippen LogP contribution in [0.5, 0.6) is 0 Å². The van der Waals surface area contributed by atoms with Gasteiger partial charge < -0.3 is 45.4 Å². The van der Waals surface area contributed by atoms with Crippen molar-refractivity contribution in [2.75, 3.05) is 13.2 Å². The van der Waals surface area contributed by atoms with Crippen molar-refractivity contribution < 1.29 is 44.9 Å². The normalized spacial score (nSPS) is 22.3. The number of carbonyl (C=O) groups is 1. The molecule has 10 heteroatoms. The number of hydrogen-bond donors (Lipinski definition) is 7. The van der Waals surface area contributed by atoms with Crippen LogP contribution in [0.2, 0.25) is 0 Å².